The Labute approximate surface area is 140 Å². The number of anilines is 1. The van der Waals surface area contributed by atoms with E-state index >= 15 is 0 Å². The molecule has 2 aromatic rings. The fourth-order valence-electron chi connectivity index (χ4n) is 2.88. The van der Waals surface area contributed by atoms with Crippen molar-refractivity contribution < 1.29 is 13.9 Å². The molecule has 124 valence electrons. The van der Waals surface area contributed by atoms with Gasteiger partial charge in [0.15, 0.2) is 0 Å². The quantitative estimate of drug-likeness (QED) is 0.804. The molecule has 0 aliphatic carbocycles. The Balaban J connectivity index is 1.75. The zero-order chi connectivity index (χ0) is 16.9. The molecule has 0 bridgehead atoms. The topological polar surface area (TPSA) is 79.4 Å². The van der Waals surface area contributed by atoms with Gasteiger partial charge in [-0.05, 0) is 31.9 Å². The van der Waals surface area contributed by atoms with E-state index in [1.165, 1.54) is 0 Å². The number of nitriles is 1. The number of rotatable bonds is 4. The zero-order valence-electron chi connectivity index (χ0n) is 13.6. The number of hydrogen-bond donors (Lipinski definition) is 0. The van der Waals surface area contributed by atoms with E-state index in [4.69, 9.17) is 9.15 Å². The molecular formula is C18H19N3O3. The standard InChI is InChI=1S/C18H19N3O3/c1-2-23-18(22)14-8-10-21(11-9-14)17-15(12-19)20-16(24-17)13-6-4-3-5-7-13/h3-7,14H,2,8-11H2,1H3. The highest BCUT2D eigenvalue weighted by atomic mass is 16.5. The van der Waals surface area contributed by atoms with Crippen LogP contribution in [0.1, 0.15) is 25.5 Å². The minimum atomic E-state index is -0.139. The summed E-state index contributed by atoms with van der Waals surface area (Å²) < 4.78 is 10.9. The van der Waals surface area contributed by atoms with Gasteiger partial charge in [0.25, 0.3) is 0 Å². The first-order chi connectivity index (χ1) is 11.7. The fraction of sp³-hybridized carbons (Fsp3) is 0.389. The highest BCUT2D eigenvalue weighted by Crippen LogP contribution is 2.31. The van der Waals surface area contributed by atoms with Crippen LogP contribution in [0.25, 0.3) is 11.5 Å². The average Bonchev–Trinajstić information content (AvgIpc) is 3.07. The molecular weight excluding hydrogens is 306 g/mol. The average molecular weight is 325 g/mol. The van der Waals surface area contributed by atoms with Crippen LogP contribution >= 0.6 is 0 Å². The van der Waals surface area contributed by atoms with Gasteiger partial charge < -0.3 is 14.1 Å². The number of oxazole rings is 1. The Hall–Kier alpha value is -2.81. The molecule has 0 atom stereocenters. The van der Waals surface area contributed by atoms with Crippen molar-refractivity contribution in [3.05, 3.63) is 36.0 Å². The van der Waals surface area contributed by atoms with E-state index in [9.17, 15) is 10.1 Å². The van der Waals surface area contributed by atoms with Gasteiger partial charge in [-0.15, -0.1) is 0 Å². The minimum absolute atomic E-state index is 0.0803. The summed E-state index contributed by atoms with van der Waals surface area (Å²) in [6, 6.07) is 11.6. The Morgan fingerprint density at radius 2 is 2.08 bits per heavy atom. The van der Waals surface area contributed by atoms with Crippen molar-refractivity contribution in [2.24, 2.45) is 5.92 Å². The number of nitrogens with zero attached hydrogens (tertiary/aromatic N) is 3. The van der Waals surface area contributed by atoms with Gasteiger partial charge in [-0.2, -0.15) is 10.2 Å². The second kappa shape index (κ2) is 7.18. The molecule has 1 saturated heterocycles. The first kappa shape index (κ1) is 16.1. The summed E-state index contributed by atoms with van der Waals surface area (Å²) in [5, 5.41) is 9.35. The van der Waals surface area contributed by atoms with Crippen LogP contribution in [0.4, 0.5) is 5.88 Å². The molecule has 24 heavy (non-hydrogen) atoms. The highest BCUT2D eigenvalue weighted by Gasteiger charge is 2.29. The van der Waals surface area contributed by atoms with Crippen molar-refractivity contribution in [3.8, 4) is 17.5 Å². The maximum Gasteiger partial charge on any atom is 0.309 e. The molecule has 0 radical (unpaired) electrons. The van der Waals surface area contributed by atoms with E-state index in [0.29, 0.717) is 44.3 Å². The molecule has 0 N–H and O–H groups in total. The summed E-state index contributed by atoms with van der Waals surface area (Å²) in [5.74, 6) is 0.705. The van der Waals surface area contributed by atoms with Gasteiger partial charge in [-0.25, -0.2) is 0 Å². The van der Waals surface area contributed by atoms with E-state index in [1.54, 1.807) is 0 Å². The molecule has 6 nitrogen and oxygen atoms in total. The predicted molar refractivity (Wildman–Crippen MR) is 88.2 cm³/mol. The molecule has 0 amide bonds. The third-order valence-electron chi connectivity index (χ3n) is 4.14. The summed E-state index contributed by atoms with van der Waals surface area (Å²) >= 11 is 0. The van der Waals surface area contributed by atoms with Gasteiger partial charge in [0.2, 0.25) is 17.5 Å². The molecule has 1 fully saturated rings. The minimum Gasteiger partial charge on any atom is -0.466 e. The van der Waals surface area contributed by atoms with Crippen LogP contribution in [0.3, 0.4) is 0 Å². The van der Waals surface area contributed by atoms with E-state index in [1.807, 2.05) is 42.2 Å². The summed E-state index contributed by atoms with van der Waals surface area (Å²) in [6.07, 6.45) is 1.37. The molecule has 1 aromatic carbocycles. The van der Waals surface area contributed by atoms with Gasteiger partial charge >= 0.3 is 5.97 Å². The van der Waals surface area contributed by atoms with Crippen LogP contribution in [-0.4, -0.2) is 30.6 Å². The lowest BCUT2D eigenvalue weighted by Gasteiger charge is -2.30. The number of aromatic nitrogens is 1. The Bertz CT molecular complexity index is 741. The first-order valence-corrected chi connectivity index (χ1v) is 8.11. The normalized spacial score (nSPS) is 15.1. The van der Waals surface area contributed by atoms with Gasteiger partial charge in [-0.3, -0.25) is 4.79 Å². The van der Waals surface area contributed by atoms with E-state index in [-0.39, 0.29) is 17.6 Å². The monoisotopic (exact) mass is 325 g/mol. The smallest absolute Gasteiger partial charge is 0.309 e. The van der Waals surface area contributed by atoms with E-state index in [2.05, 4.69) is 11.1 Å². The van der Waals surface area contributed by atoms with Gasteiger partial charge in [0.05, 0.1) is 12.5 Å². The second-order valence-corrected chi connectivity index (χ2v) is 5.66. The predicted octanol–water partition coefficient (Wildman–Crippen LogP) is 2.99. The molecule has 2 heterocycles. The molecule has 3 rings (SSSR count). The molecule has 1 aliphatic rings. The summed E-state index contributed by atoms with van der Waals surface area (Å²) in [6.45, 7) is 3.50. The van der Waals surface area contributed by atoms with Crippen molar-refractivity contribution in [1.29, 1.82) is 5.26 Å². The summed E-state index contributed by atoms with van der Waals surface area (Å²) in [5.41, 5.74) is 1.12. The number of piperidine rings is 1. The molecule has 0 unspecified atom stereocenters. The summed E-state index contributed by atoms with van der Waals surface area (Å²) in [7, 11) is 0. The van der Waals surface area contributed by atoms with Crippen LogP contribution in [0, 0.1) is 17.2 Å². The number of carbonyl (C=O) groups is 1. The molecule has 0 spiro atoms. The molecule has 6 heteroatoms. The third-order valence-corrected chi connectivity index (χ3v) is 4.14. The maximum atomic E-state index is 11.8. The van der Waals surface area contributed by atoms with Crippen molar-refractivity contribution in [2.75, 3.05) is 24.6 Å². The van der Waals surface area contributed by atoms with Gasteiger partial charge in [0, 0.05) is 18.7 Å². The number of benzene rings is 1. The lowest BCUT2D eigenvalue weighted by atomic mass is 9.97. The van der Waals surface area contributed by atoms with Crippen LogP contribution in [0.15, 0.2) is 34.7 Å². The Morgan fingerprint density at radius 3 is 2.71 bits per heavy atom. The lowest BCUT2D eigenvalue weighted by Crippen LogP contribution is -2.37. The molecule has 0 saturated carbocycles. The van der Waals surface area contributed by atoms with E-state index in [0.717, 1.165) is 5.56 Å². The van der Waals surface area contributed by atoms with Crippen LogP contribution < -0.4 is 4.90 Å². The highest BCUT2D eigenvalue weighted by molar-refractivity contribution is 5.73. The van der Waals surface area contributed by atoms with E-state index < -0.39 is 0 Å². The van der Waals surface area contributed by atoms with Crippen LogP contribution in [-0.2, 0) is 9.53 Å². The van der Waals surface area contributed by atoms with Gasteiger partial charge in [-0.1, -0.05) is 18.2 Å². The number of carbonyl (C=O) groups excluding carboxylic acids is 1. The zero-order valence-corrected chi connectivity index (χ0v) is 13.6. The van der Waals surface area contributed by atoms with Crippen molar-refractivity contribution in [3.63, 3.8) is 0 Å². The largest absolute Gasteiger partial charge is 0.466 e. The van der Waals surface area contributed by atoms with Crippen molar-refractivity contribution in [1.82, 2.24) is 4.98 Å². The fourth-order valence-corrected chi connectivity index (χ4v) is 2.88. The Morgan fingerprint density at radius 1 is 1.38 bits per heavy atom. The first-order valence-electron chi connectivity index (χ1n) is 8.11. The number of esters is 1. The third kappa shape index (κ3) is 3.25. The van der Waals surface area contributed by atoms with Crippen molar-refractivity contribution in [2.45, 2.75) is 19.8 Å². The van der Waals surface area contributed by atoms with Crippen molar-refractivity contribution >= 4 is 11.9 Å². The summed E-state index contributed by atoms with van der Waals surface area (Å²) in [4.78, 5) is 18.1. The molecule has 1 aromatic heterocycles. The number of hydrogen-bond acceptors (Lipinski definition) is 6. The van der Waals surface area contributed by atoms with Gasteiger partial charge in [0.1, 0.15) is 6.07 Å². The molecule has 1 aliphatic heterocycles. The Kier molecular flexibility index (Phi) is 4.80. The second-order valence-electron chi connectivity index (χ2n) is 5.66. The maximum absolute atomic E-state index is 11.8. The SMILES string of the molecule is CCOC(=O)C1CCN(c2oc(-c3ccccc3)nc2C#N)CC1. The number of ether oxygens (including phenoxy) is 1. The lowest BCUT2D eigenvalue weighted by molar-refractivity contribution is -0.148. The van der Waals surface area contributed by atoms with Crippen LogP contribution in [0.2, 0.25) is 0 Å². The van der Waals surface area contributed by atoms with Crippen LogP contribution in [0.5, 0.6) is 0 Å².